The lowest BCUT2D eigenvalue weighted by atomic mass is 10.1. The van der Waals surface area contributed by atoms with Crippen LogP contribution in [0.3, 0.4) is 0 Å². The van der Waals surface area contributed by atoms with Crippen LogP contribution in [0, 0.1) is 0 Å². The molecule has 3 rings (SSSR count). The molecule has 0 atom stereocenters. The molecule has 1 heterocycles. The topological polar surface area (TPSA) is 125 Å². The summed E-state index contributed by atoms with van der Waals surface area (Å²) in [5.74, 6) is 0.647. The molecule has 3 N–H and O–H groups in total. The molecular formula is C17H15N3O5S. The standard InChI is InChI=1S/C17H15N3O5S/c1-24-13-6-2-11(3-7-13)16-10-15(20-25-16)17(21)19-12-4-8-14(9-5-12)26(18,22)23/h2-10H,1H3,(H,19,21)(H2,18,22,23). The molecule has 9 heteroatoms. The number of primary sulfonamides is 1. The maximum atomic E-state index is 12.2. The number of benzene rings is 2. The molecule has 1 amide bonds. The Bertz CT molecular complexity index is 1030. The second kappa shape index (κ2) is 6.98. The van der Waals surface area contributed by atoms with Crippen LogP contribution in [0.15, 0.2) is 64.0 Å². The van der Waals surface area contributed by atoms with Crippen LogP contribution in [0.25, 0.3) is 11.3 Å². The molecule has 3 aromatic rings. The van der Waals surface area contributed by atoms with Crippen LogP contribution in [0.2, 0.25) is 0 Å². The third-order valence-corrected chi connectivity index (χ3v) is 4.49. The van der Waals surface area contributed by atoms with E-state index in [1.54, 1.807) is 31.4 Å². The van der Waals surface area contributed by atoms with E-state index < -0.39 is 15.9 Å². The van der Waals surface area contributed by atoms with E-state index in [0.29, 0.717) is 17.2 Å². The van der Waals surface area contributed by atoms with E-state index in [9.17, 15) is 13.2 Å². The van der Waals surface area contributed by atoms with E-state index in [-0.39, 0.29) is 10.6 Å². The number of aromatic nitrogens is 1. The van der Waals surface area contributed by atoms with Gasteiger partial charge in [0, 0.05) is 17.3 Å². The molecule has 0 spiro atoms. The van der Waals surface area contributed by atoms with Gasteiger partial charge in [0.2, 0.25) is 10.0 Å². The van der Waals surface area contributed by atoms with Gasteiger partial charge in [0.25, 0.3) is 5.91 Å². The number of carbonyl (C=O) groups is 1. The van der Waals surface area contributed by atoms with Gasteiger partial charge in [-0.3, -0.25) is 4.79 Å². The Morgan fingerprint density at radius 2 is 1.77 bits per heavy atom. The van der Waals surface area contributed by atoms with Gasteiger partial charge >= 0.3 is 0 Å². The van der Waals surface area contributed by atoms with Gasteiger partial charge in [0.15, 0.2) is 11.5 Å². The van der Waals surface area contributed by atoms with Gasteiger partial charge in [-0.05, 0) is 48.5 Å². The number of nitrogens with one attached hydrogen (secondary N) is 1. The number of hydrogen-bond acceptors (Lipinski definition) is 6. The molecule has 0 saturated heterocycles. The minimum absolute atomic E-state index is 0.0428. The zero-order valence-electron chi connectivity index (χ0n) is 13.7. The minimum atomic E-state index is -3.78. The Kier molecular flexibility index (Phi) is 4.74. The second-order valence-corrected chi connectivity index (χ2v) is 6.89. The predicted molar refractivity (Wildman–Crippen MR) is 94.3 cm³/mol. The maximum absolute atomic E-state index is 12.2. The number of amides is 1. The highest BCUT2D eigenvalue weighted by Gasteiger charge is 2.15. The fourth-order valence-corrected chi connectivity index (χ4v) is 2.71. The summed E-state index contributed by atoms with van der Waals surface area (Å²) in [5, 5.41) is 11.4. The van der Waals surface area contributed by atoms with Gasteiger partial charge in [-0.1, -0.05) is 5.16 Å². The zero-order valence-corrected chi connectivity index (χ0v) is 14.5. The Labute approximate surface area is 149 Å². The van der Waals surface area contributed by atoms with Crippen LogP contribution in [0.4, 0.5) is 5.69 Å². The Hall–Kier alpha value is -3.17. The number of anilines is 1. The van der Waals surface area contributed by atoms with Crippen molar-refractivity contribution in [1.82, 2.24) is 5.16 Å². The number of nitrogens with zero attached hydrogens (tertiary/aromatic N) is 1. The lowest BCUT2D eigenvalue weighted by Gasteiger charge is -2.03. The smallest absolute Gasteiger partial charge is 0.277 e. The van der Waals surface area contributed by atoms with Crippen molar-refractivity contribution < 1.29 is 22.5 Å². The molecule has 0 aliphatic rings. The van der Waals surface area contributed by atoms with Gasteiger partial charge in [0.05, 0.1) is 12.0 Å². The third kappa shape index (κ3) is 3.90. The Balaban J connectivity index is 1.73. The van der Waals surface area contributed by atoms with Crippen molar-refractivity contribution in [3.8, 4) is 17.1 Å². The molecule has 0 aliphatic heterocycles. The van der Waals surface area contributed by atoms with Crippen molar-refractivity contribution >= 4 is 21.6 Å². The van der Waals surface area contributed by atoms with Crippen molar-refractivity contribution in [2.24, 2.45) is 5.14 Å². The quantitative estimate of drug-likeness (QED) is 0.707. The highest BCUT2D eigenvalue weighted by atomic mass is 32.2. The Morgan fingerprint density at radius 1 is 1.12 bits per heavy atom. The van der Waals surface area contributed by atoms with Crippen molar-refractivity contribution in [3.63, 3.8) is 0 Å². The molecular weight excluding hydrogens is 358 g/mol. The summed E-state index contributed by atoms with van der Waals surface area (Å²) in [6.07, 6.45) is 0. The average molecular weight is 373 g/mol. The summed E-state index contributed by atoms with van der Waals surface area (Å²) in [4.78, 5) is 12.2. The van der Waals surface area contributed by atoms with E-state index >= 15 is 0 Å². The van der Waals surface area contributed by atoms with Crippen LogP contribution in [-0.2, 0) is 10.0 Å². The number of sulfonamides is 1. The van der Waals surface area contributed by atoms with E-state index in [1.165, 1.54) is 30.3 Å². The lowest BCUT2D eigenvalue weighted by Crippen LogP contribution is -2.14. The number of carbonyl (C=O) groups excluding carboxylic acids is 1. The first-order chi connectivity index (χ1) is 12.4. The van der Waals surface area contributed by atoms with Crippen LogP contribution in [0.5, 0.6) is 5.75 Å². The summed E-state index contributed by atoms with van der Waals surface area (Å²) in [5.41, 5.74) is 1.23. The molecule has 8 nitrogen and oxygen atoms in total. The second-order valence-electron chi connectivity index (χ2n) is 5.33. The normalized spacial score (nSPS) is 11.2. The van der Waals surface area contributed by atoms with Crippen LogP contribution < -0.4 is 15.2 Å². The molecule has 0 fully saturated rings. The molecule has 0 unspecified atom stereocenters. The van der Waals surface area contributed by atoms with E-state index in [0.717, 1.165) is 5.56 Å². The maximum Gasteiger partial charge on any atom is 0.277 e. The fourth-order valence-electron chi connectivity index (χ4n) is 2.20. The van der Waals surface area contributed by atoms with E-state index in [2.05, 4.69) is 10.5 Å². The zero-order chi connectivity index (χ0) is 18.7. The first-order valence-electron chi connectivity index (χ1n) is 7.42. The summed E-state index contributed by atoms with van der Waals surface area (Å²) in [6.45, 7) is 0. The van der Waals surface area contributed by atoms with Crippen molar-refractivity contribution in [2.45, 2.75) is 4.90 Å². The number of rotatable bonds is 5. The van der Waals surface area contributed by atoms with Crippen molar-refractivity contribution in [3.05, 3.63) is 60.3 Å². The fraction of sp³-hybridized carbons (Fsp3) is 0.0588. The number of nitrogens with two attached hydrogens (primary N) is 1. The summed E-state index contributed by atoms with van der Waals surface area (Å²) in [7, 11) is -2.21. The largest absolute Gasteiger partial charge is 0.497 e. The molecule has 2 aromatic carbocycles. The Morgan fingerprint density at radius 3 is 2.35 bits per heavy atom. The molecule has 0 aliphatic carbocycles. The first kappa shape index (κ1) is 17.6. The summed E-state index contributed by atoms with van der Waals surface area (Å²) < 4.78 is 32.7. The van der Waals surface area contributed by atoms with Crippen molar-refractivity contribution in [1.29, 1.82) is 0 Å². The van der Waals surface area contributed by atoms with Gasteiger partial charge in [-0.2, -0.15) is 0 Å². The highest BCUT2D eigenvalue weighted by Crippen LogP contribution is 2.23. The number of hydrogen-bond donors (Lipinski definition) is 2. The molecule has 26 heavy (non-hydrogen) atoms. The first-order valence-corrected chi connectivity index (χ1v) is 8.97. The van der Waals surface area contributed by atoms with Gasteiger partial charge in [-0.25, -0.2) is 13.6 Å². The molecule has 0 bridgehead atoms. The molecule has 134 valence electrons. The SMILES string of the molecule is COc1ccc(-c2cc(C(=O)Nc3ccc(S(N)(=O)=O)cc3)no2)cc1. The number of ether oxygens (including phenoxy) is 1. The molecule has 1 aromatic heterocycles. The highest BCUT2D eigenvalue weighted by molar-refractivity contribution is 7.89. The minimum Gasteiger partial charge on any atom is -0.497 e. The van der Waals surface area contributed by atoms with E-state index in [1.807, 2.05) is 0 Å². The van der Waals surface area contributed by atoms with E-state index in [4.69, 9.17) is 14.4 Å². The number of methoxy groups -OCH3 is 1. The van der Waals surface area contributed by atoms with Crippen LogP contribution >= 0.6 is 0 Å². The van der Waals surface area contributed by atoms with Gasteiger partial charge < -0.3 is 14.6 Å². The molecule has 0 radical (unpaired) electrons. The average Bonchev–Trinajstić information content (AvgIpc) is 3.12. The van der Waals surface area contributed by atoms with Gasteiger partial charge in [-0.15, -0.1) is 0 Å². The third-order valence-electron chi connectivity index (χ3n) is 3.56. The monoisotopic (exact) mass is 373 g/mol. The van der Waals surface area contributed by atoms with Gasteiger partial charge in [0.1, 0.15) is 5.75 Å². The van der Waals surface area contributed by atoms with Crippen LogP contribution in [0.1, 0.15) is 10.5 Å². The van der Waals surface area contributed by atoms with Crippen LogP contribution in [-0.4, -0.2) is 26.6 Å². The molecule has 0 saturated carbocycles. The predicted octanol–water partition coefficient (Wildman–Crippen LogP) is 2.25. The summed E-state index contributed by atoms with van der Waals surface area (Å²) >= 11 is 0. The summed E-state index contributed by atoms with van der Waals surface area (Å²) in [6, 6.07) is 14.1. The lowest BCUT2D eigenvalue weighted by molar-refractivity contribution is 0.101. The van der Waals surface area contributed by atoms with Crippen molar-refractivity contribution in [2.75, 3.05) is 12.4 Å².